The molecule has 13 heavy (non-hydrogen) atoms. The van der Waals surface area contributed by atoms with Gasteiger partial charge in [-0.25, -0.2) is 8.42 Å². The van der Waals surface area contributed by atoms with Gasteiger partial charge in [-0.2, -0.15) is 5.26 Å². The van der Waals surface area contributed by atoms with Crippen molar-refractivity contribution in [3.05, 3.63) is 0 Å². The molecule has 1 atom stereocenters. The highest BCUT2D eigenvalue weighted by atomic mass is 32.2. The molecule has 0 bridgehead atoms. The molecule has 0 amide bonds. The quantitative estimate of drug-likeness (QED) is 0.687. The van der Waals surface area contributed by atoms with Crippen molar-refractivity contribution < 1.29 is 8.42 Å². The van der Waals surface area contributed by atoms with Crippen molar-refractivity contribution in [2.24, 2.45) is 0 Å². The average molecular weight is 202 g/mol. The molecule has 1 saturated heterocycles. The largest absolute Gasteiger partial charge is 0.296 e. The van der Waals surface area contributed by atoms with E-state index in [4.69, 9.17) is 5.26 Å². The molecule has 74 valence electrons. The third-order valence-corrected chi connectivity index (χ3v) is 3.84. The normalized spacial score (nSPS) is 31.8. The molecule has 0 aliphatic carbocycles. The van der Waals surface area contributed by atoms with Gasteiger partial charge in [0, 0.05) is 6.04 Å². The Hall–Kier alpha value is -0.600. The Morgan fingerprint density at radius 2 is 2.15 bits per heavy atom. The molecule has 0 aromatic heterocycles. The van der Waals surface area contributed by atoms with Crippen LogP contribution in [-0.2, 0) is 9.84 Å². The molecule has 0 aromatic rings. The first kappa shape index (κ1) is 10.5. The maximum atomic E-state index is 11.2. The van der Waals surface area contributed by atoms with Gasteiger partial charge in [-0.3, -0.25) is 5.32 Å². The lowest BCUT2D eigenvalue weighted by Crippen LogP contribution is -2.48. The van der Waals surface area contributed by atoms with Crippen molar-refractivity contribution in [2.45, 2.75) is 31.8 Å². The van der Waals surface area contributed by atoms with Crippen LogP contribution in [0.25, 0.3) is 0 Å². The predicted octanol–water partition coefficient (Wildman–Crippen LogP) is 0.0653. The number of hydrogen-bond donors (Lipinski definition) is 1. The molecule has 1 aliphatic heterocycles. The second kappa shape index (κ2) is 3.28. The third-order valence-electron chi connectivity index (χ3n) is 2.09. The maximum Gasteiger partial charge on any atom is 0.153 e. The van der Waals surface area contributed by atoms with Gasteiger partial charge in [0.25, 0.3) is 0 Å². The predicted molar refractivity (Wildman–Crippen MR) is 49.9 cm³/mol. The highest BCUT2D eigenvalue weighted by Crippen LogP contribution is 2.23. The first-order valence-corrected chi connectivity index (χ1v) is 6.11. The molecule has 0 spiro atoms. The highest BCUT2D eigenvalue weighted by molar-refractivity contribution is 7.91. The summed E-state index contributed by atoms with van der Waals surface area (Å²) in [5, 5.41) is 11.9. The Bertz CT molecular complexity index is 329. The summed E-state index contributed by atoms with van der Waals surface area (Å²) in [5.74, 6) is 0.0783. The van der Waals surface area contributed by atoms with E-state index in [-0.39, 0.29) is 17.5 Å². The van der Waals surface area contributed by atoms with Crippen LogP contribution in [0.4, 0.5) is 0 Å². The fourth-order valence-corrected chi connectivity index (χ4v) is 3.48. The Labute approximate surface area is 78.9 Å². The summed E-state index contributed by atoms with van der Waals surface area (Å²) >= 11 is 0. The lowest BCUT2D eigenvalue weighted by Gasteiger charge is -2.23. The minimum Gasteiger partial charge on any atom is -0.296 e. The van der Waals surface area contributed by atoms with E-state index in [1.54, 1.807) is 0 Å². The number of nitrogens with zero attached hydrogens (tertiary/aromatic N) is 1. The smallest absolute Gasteiger partial charge is 0.153 e. The number of rotatable bonds is 2. The molecule has 0 aromatic carbocycles. The van der Waals surface area contributed by atoms with E-state index in [9.17, 15) is 8.42 Å². The lowest BCUT2D eigenvalue weighted by molar-refractivity contribution is 0.413. The van der Waals surface area contributed by atoms with E-state index in [0.29, 0.717) is 6.42 Å². The molecule has 1 rings (SSSR count). The second-order valence-corrected chi connectivity index (χ2v) is 6.02. The Balaban J connectivity index is 2.82. The summed E-state index contributed by atoms with van der Waals surface area (Å²) in [5.41, 5.74) is -0.840. The van der Waals surface area contributed by atoms with Crippen molar-refractivity contribution in [2.75, 3.05) is 11.5 Å². The van der Waals surface area contributed by atoms with Gasteiger partial charge in [0.15, 0.2) is 9.84 Å². The van der Waals surface area contributed by atoms with Gasteiger partial charge in [0.05, 0.1) is 17.6 Å². The van der Waals surface area contributed by atoms with Crippen LogP contribution in [0.2, 0.25) is 0 Å². The molecule has 1 fully saturated rings. The van der Waals surface area contributed by atoms with Crippen LogP contribution in [0, 0.1) is 11.3 Å². The lowest BCUT2D eigenvalue weighted by atomic mass is 10.0. The Morgan fingerprint density at radius 1 is 1.54 bits per heavy atom. The first-order chi connectivity index (χ1) is 5.89. The highest BCUT2D eigenvalue weighted by Gasteiger charge is 2.42. The minimum absolute atomic E-state index is 0.0469. The number of hydrogen-bond acceptors (Lipinski definition) is 4. The van der Waals surface area contributed by atoms with Crippen LogP contribution in [0.1, 0.15) is 20.3 Å². The van der Waals surface area contributed by atoms with Crippen LogP contribution >= 0.6 is 0 Å². The van der Waals surface area contributed by atoms with Crippen molar-refractivity contribution in [1.82, 2.24) is 5.32 Å². The van der Waals surface area contributed by atoms with Gasteiger partial charge in [-0.15, -0.1) is 0 Å². The summed E-state index contributed by atoms with van der Waals surface area (Å²) in [6.07, 6.45) is 0.407. The van der Waals surface area contributed by atoms with Crippen molar-refractivity contribution >= 4 is 9.84 Å². The Morgan fingerprint density at radius 3 is 2.46 bits per heavy atom. The molecular weight excluding hydrogens is 188 g/mol. The Kier molecular flexibility index (Phi) is 2.64. The minimum atomic E-state index is -3.00. The summed E-state index contributed by atoms with van der Waals surface area (Å²) in [4.78, 5) is 0. The van der Waals surface area contributed by atoms with Gasteiger partial charge < -0.3 is 0 Å². The molecular formula is C8H14N2O2S. The average Bonchev–Trinajstić information content (AvgIpc) is 2.26. The SMILES string of the molecule is CC(C)NC1(C#N)CCS(=O)(=O)C1. The second-order valence-electron chi connectivity index (χ2n) is 3.83. The molecule has 0 saturated carbocycles. The molecule has 1 N–H and O–H groups in total. The zero-order valence-corrected chi connectivity index (χ0v) is 8.69. The van der Waals surface area contributed by atoms with Gasteiger partial charge in [-0.1, -0.05) is 0 Å². The van der Waals surface area contributed by atoms with Crippen molar-refractivity contribution in [3.8, 4) is 6.07 Å². The van der Waals surface area contributed by atoms with E-state index in [1.807, 2.05) is 13.8 Å². The van der Waals surface area contributed by atoms with Crippen molar-refractivity contribution in [1.29, 1.82) is 5.26 Å². The van der Waals surface area contributed by atoms with E-state index in [1.165, 1.54) is 0 Å². The standard InChI is InChI=1S/C8H14N2O2S/c1-7(2)10-8(5-9)3-4-13(11,12)6-8/h7,10H,3-4,6H2,1-2H3. The summed E-state index contributed by atoms with van der Waals surface area (Å²) in [6, 6.07) is 2.21. The molecule has 4 nitrogen and oxygen atoms in total. The summed E-state index contributed by atoms with van der Waals surface area (Å²) < 4.78 is 22.4. The monoisotopic (exact) mass is 202 g/mol. The fraction of sp³-hybridized carbons (Fsp3) is 0.875. The molecule has 5 heteroatoms. The summed E-state index contributed by atoms with van der Waals surface area (Å²) in [6.45, 7) is 3.81. The molecule has 1 heterocycles. The fourth-order valence-electron chi connectivity index (χ4n) is 1.64. The van der Waals surface area contributed by atoms with Gasteiger partial charge >= 0.3 is 0 Å². The van der Waals surface area contributed by atoms with E-state index in [0.717, 1.165) is 0 Å². The van der Waals surface area contributed by atoms with Crippen LogP contribution in [-0.4, -0.2) is 31.5 Å². The van der Waals surface area contributed by atoms with Crippen LogP contribution < -0.4 is 5.32 Å². The molecule has 0 radical (unpaired) electrons. The van der Waals surface area contributed by atoms with Gasteiger partial charge in [-0.05, 0) is 20.3 Å². The summed E-state index contributed by atoms with van der Waals surface area (Å²) in [7, 11) is -3.00. The first-order valence-electron chi connectivity index (χ1n) is 4.28. The van der Waals surface area contributed by atoms with Crippen LogP contribution in [0.5, 0.6) is 0 Å². The zero-order valence-electron chi connectivity index (χ0n) is 7.87. The van der Waals surface area contributed by atoms with E-state index < -0.39 is 15.4 Å². The zero-order chi connectivity index (χ0) is 10.1. The molecule has 1 unspecified atom stereocenters. The van der Waals surface area contributed by atoms with Gasteiger partial charge in [0.2, 0.25) is 0 Å². The number of nitrogens with one attached hydrogen (secondary N) is 1. The number of sulfone groups is 1. The molecule has 1 aliphatic rings. The van der Waals surface area contributed by atoms with Crippen LogP contribution in [0.15, 0.2) is 0 Å². The maximum absolute atomic E-state index is 11.2. The van der Waals surface area contributed by atoms with Gasteiger partial charge in [0.1, 0.15) is 5.54 Å². The van der Waals surface area contributed by atoms with E-state index in [2.05, 4.69) is 11.4 Å². The van der Waals surface area contributed by atoms with Crippen LogP contribution in [0.3, 0.4) is 0 Å². The van der Waals surface area contributed by atoms with E-state index >= 15 is 0 Å². The van der Waals surface area contributed by atoms with Crippen molar-refractivity contribution in [3.63, 3.8) is 0 Å². The number of nitriles is 1. The third kappa shape index (κ3) is 2.42. The topological polar surface area (TPSA) is 70.0 Å².